The normalized spacial score (nSPS) is 20.2. The molecule has 2 aliphatic heterocycles. The van der Waals surface area contributed by atoms with E-state index in [1.165, 1.54) is 0 Å². The molecule has 0 aliphatic carbocycles. The molecular weight excluding hydrogens is 226 g/mol. The van der Waals surface area contributed by atoms with E-state index >= 15 is 0 Å². The second kappa shape index (κ2) is 7.86. The highest BCUT2D eigenvalue weighted by atomic mass is 16.5. The van der Waals surface area contributed by atoms with Crippen molar-refractivity contribution in [1.82, 2.24) is 15.1 Å². The van der Waals surface area contributed by atoms with Crippen molar-refractivity contribution in [2.24, 2.45) is 0 Å². The number of ether oxygens (including phenoxy) is 1. The van der Waals surface area contributed by atoms with Crippen molar-refractivity contribution < 1.29 is 19.4 Å². The van der Waals surface area contributed by atoms with E-state index in [-0.39, 0.29) is 12.5 Å². The number of nitrogens with one attached hydrogen (secondary N) is 1. The quantitative estimate of drug-likeness (QED) is 0.537. The predicted molar refractivity (Wildman–Crippen MR) is 60.9 cm³/mol. The average molecular weight is 245 g/mol. The van der Waals surface area contributed by atoms with Crippen LogP contribution in [0.1, 0.15) is 0 Å². The monoisotopic (exact) mass is 245 g/mol. The summed E-state index contributed by atoms with van der Waals surface area (Å²) in [4.78, 5) is 24.1. The summed E-state index contributed by atoms with van der Waals surface area (Å²) in [6.45, 7) is 6.07. The van der Waals surface area contributed by atoms with Crippen molar-refractivity contribution >= 4 is 12.5 Å². The number of hydrogen-bond donors (Lipinski definition) is 2. The number of amides is 2. The van der Waals surface area contributed by atoms with E-state index in [1.807, 2.05) is 9.80 Å². The third-order valence-electron chi connectivity index (χ3n) is 2.67. The van der Waals surface area contributed by atoms with E-state index in [9.17, 15) is 4.79 Å². The zero-order chi connectivity index (χ0) is 12.5. The van der Waals surface area contributed by atoms with Gasteiger partial charge in [0.1, 0.15) is 0 Å². The smallest absolute Gasteiger partial charge is 0.320 e. The number of carbonyl (C=O) groups is 2. The minimum absolute atomic E-state index is 0.176. The molecule has 7 nitrogen and oxygen atoms in total. The lowest BCUT2D eigenvalue weighted by atomic mass is 10.3. The van der Waals surface area contributed by atoms with Gasteiger partial charge in [-0.05, 0) is 0 Å². The van der Waals surface area contributed by atoms with Crippen molar-refractivity contribution in [2.75, 3.05) is 52.5 Å². The number of piperazine rings is 1. The Morgan fingerprint density at radius 2 is 1.59 bits per heavy atom. The summed E-state index contributed by atoms with van der Waals surface area (Å²) in [7, 11) is 0. The Kier molecular flexibility index (Phi) is 6.34. The maximum Gasteiger partial charge on any atom is 0.320 e. The van der Waals surface area contributed by atoms with E-state index < -0.39 is 0 Å². The van der Waals surface area contributed by atoms with Gasteiger partial charge in [-0.3, -0.25) is 4.79 Å². The fourth-order valence-electron chi connectivity index (χ4n) is 1.81. The Bertz CT molecular complexity index is 218. The topological polar surface area (TPSA) is 82.1 Å². The van der Waals surface area contributed by atoms with E-state index in [2.05, 4.69) is 5.32 Å². The molecule has 98 valence electrons. The van der Waals surface area contributed by atoms with Gasteiger partial charge < -0.3 is 25.0 Å². The van der Waals surface area contributed by atoms with Gasteiger partial charge in [-0.2, -0.15) is 0 Å². The van der Waals surface area contributed by atoms with E-state index in [0.717, 1.165) is 39.3 Å². The summed E-state index contributed by atoms with van der Waals surface area (Å²) in [5.41, 5.74) is 0. The highest BCUT2D eigenvalue weighted by molar-refractivity contribution is 5.74. The fourth-order valence-corrected chi connectivity index (χ4v) is 1.81. The van der Waals surface area contributed by atoms with E-state index in [0.29, 0.717) is 13.2 Å². The Hall–Kier alpha value is -1.34. The molecule has 2 fully saturated rings. The Morgan fingerprint density at radius 1 is 1.12 bits per heavy atom. The zero-order valence-corrected chi connectivity index (χ0v) is 9.80. The largest absolute Gasteiger partial charge is 0.483 e. The Labute approximate surface area is 100 Å². The van der Waals surface area contributed by atoms with Crippen molar-refractivity contribution in [1.29, 1.82) is 0 Å². The molecule has 0 bridgehead atoms. The summed E-state index contributed by atoms with van der Waals surface area (Å²) < 4.78 is 5.21. The molecule has 2 rings (SSSR count). The van der Waals surface area contributed by atoms with Crippen LogP contribution in [-0.4, -0.2) is 79.9 Å². The molecule has 0 aromatic carbocycles. The van der Waals surface area contributed by atoms with Crippen molar-refractivity contribution in [3.8, 4) is 0 Å². The number of carboxylic acid groups (broad SMARTS) is 1. The number of urea groups is 1. The number of carbonyl (C=O) groups excluding carboxylic acids is 1. The van der Waals surface area contributed by atoms with Crippen molar-refractivity contribution in [3.05, 3.63) is 0 Å². The van der Waals surface area contributed by atoms with Crippen LogP contribution >= 0.6 is 0 Å². The third-order valence-corrected chi connectivity index (χ3v) is 2.67. The van der Waals surface area contributed by atoms with Crippen LogP contribution < -0.4 is 5.32 Å². The minimum Gasteiger partial charge on any atom is -0.483 e. The Morgan fingerprint density at radius 3 is 2.12 bits per heavy atom. The minimum atomic E-state index is -0.250. The van der Waals surface area contributed by atoms with Gasteiger partial charge in [0, 0.05) is 39.3 Å². The maximum absolute atomic E-state index is 11.9. The lowest BCUT2D eigenvalue weighted by Crippen LogP contribution is -2.53. The van der Waals surface area contributed by atoms with Crippen LogP contribution in [0.4, 0.5) is 4.79 Å². The van der Waals surface area contributed by atoms with Crippen LogP contribution in [0.5, 0.6) is 0 Å². The van der Waals surface area contributed by atoms with Gasteiger partial charge in [-0.25, -0.2) is 4.79 Å². The highest BCUT2D eigenvalue weighted by Gasteiger charge is 2.23. The molecule has 2 saturated heterocycles. The first kappa shape index (κ1) is 13.7. The van der Waals surface area contributed by atoms with Gasteiger partial charge in [-0.1, -0.05) is 0 Å². The summed E-state index contributed by atoms with van der Waals surface area (Å²) in [6, 6.07) is 0.176. The number of rotatable bonds is 0. The van der Waals surface area contributed by atoms with Gasteiger partial charge in [0.2, 0.25) is 0 Å². The van der Waals surface area contributed by atoms with Crippen LogP contribution in [0.25, 0.3) is 0 Å². The molecule has 2 heterocycles. The summed E-state index contributed by atoms with van der Waals surface area (Å²) >= 11 is 0. The second-order valence-corrected chi connectivity index (χ2v) is 3.72. The molecule has 0 atom stereocenters. The molecule has 0 unspecified atom stereocenters. The van der Waals surface area contributed by atoms with Crippen molar-refractivity contribution in [3.63, 3.8) is 0 Å². The first-order valence-corrected chi connectivity index (χ1v) is 5.69. The predicted octanol–water partition coefficient (Wildman–Crippen LogP) is -0.955. The zero-order valence-electron chi connectivity index (χ0n) is 9.80. The van der Waals surface area contributed by atoms with Crippen LogP contribution in [0, 0.1) is 0 Å². The molecule has 7 heteroatoms. The molecule has 0 aromatic rings. The SMILES string of the molecule is O=C(N1CCNCC1)N1CCOCC1.O=CO. The fraction of sp³-hybridized carbons (Fsp3) is 0.800. The lowest BCUT2D eigenvalue weighted by Gasteiger charge is -2.35. The van der Waals surface area contributed by atoms with Gasteiger partial charge >= 0.3 is 6.03 Å². The van der Waals surface area contributed by atoms with Gasteiger partial charge in [-0.15, -0.1) is 0 Å². The molecule has 17 heavy (non-hydrogen) atoms. The summed E-state index contributed by atoms with van der Waals surface area (Å²) in [5, 5.41) is 10.1. The first-order chi connectivity index (χ1) is 8.29. The standard InChI is InChI=1S/C9H17N3O2.CH2O2/c13-9(11-3-1-10-2-4-11)12-5-7-14-8-6-12;2-1-3/h10H,1-8H2;1H,(H,2,3). The van der Waals surface area contributed by atoms with Crippen LogP contribution in [0.15, 0.2) is 0 Å². The number of morpholine rings is 1. The third kappa shape index (κ3) is 4.58. The molecule has 2 aliphatic rings. The van der Waals surface area contributed by atoms with Gasteiger partial charge in [0.25, 0.3) is 6.47 Å². The number of hydrogen-bond acceptors (Lipinski definition) is 4. The van der Waals surface area contributed by atoms with E-state index in [1.54, 1.807) is 0 Å². The summed E-state index contributed by atoms with van der Waals surface area (Å²) in [5.74, 6) is 0. The molecule has 0 spiro atoms. The van der Waals surface area contributed by atoms with E-state index in [4.69, 9.17) is 14.6 Å². The first-order valence-electron chi connectivity index (χ1n) is 5.69. The van der Waals surface area contributed by atoms with Crippen LogP contribution in [-0.2, 0) is 9.53 Å². The van der Waals surface area contributed by atoms with Gasteiger partial charge in [0.15, 0.2) is 0 Å². The molecule has 0 saturated carbocycles. The molecule has 2 N–H and O–H groups in total. The molecule has 0 radical (unpaired) electrons. The average Bonchev–Trinajstić information content (AvgIpc) is 2.41. The van der Waals surface area contributed by atoms with Crippen LogP contribution in [0.2, 0.25) is 0 Å². The maximum atomic E-state index is 11.9. The lowest BCUT2D eigenvalue weighted by molar-refractivity contribution is -0.122. The second-order valence-electron chi connectivity index (χ2n) is 3.72. The molecule has 0 aromatic heterocycles. The molecule has 2 amide bonds. The van der Waals surface area contributed by atoms with Crippen LogP contribution in [0.3, 0.4) is 0 Å². The Balaban J connectivity index is 0.000000437. The number of nitrogens with zero attached hydrogens (tertiary/aromatic N) is 2. The summed E-state index contributed by atoms with van der Waals surface area (Å²) in [6.07, 6.45) is 0. The van der Waals surface area contributed by atoms with Gasteiger partial charge in [0.05, 0.1) is 13.2 Å². The highest BCUT2D eigenvalue weighted by Crippen LogP contribution is 2.04. The molecular formula is C10H19N3O4. The van der Waals surface area contributed by atoms with Crippen molar-refractivity contribution in [2.45, 2.75) is 0 Å².